The van der Waals surface area contributed by atoms with Crippen molar-refractivity contribution < 1.29 is 9.66 Å². The molecule has 0 bridgehead atoms. The van der Waals surface area contributed by atoms with Crippen LogP contribution in [0, 0.1) is 10.1 Å². The number of methoxy groups -OCH3 is 1. The second-order valence-electron chi connectivity index (χ2n) is 2.51. The Kier molecular flexibility index (Phi) is 3.71. The molecule has 0 aliphatic carbocycles. The quantitative estimate of drug-likeness (QED) is 0.485. The van der Waals surface area contributed by atoms with E-state index in [4.69, 9.17) is 16.3 Å². The molecule has 0 spiro atoms. The van der Waals surface area contributed by atoms with Crippen molar-refractivity contribution in [3.8, 4) is 5.75 Å². The number of nitro benzene ring substituents is 1. The van der Waals surface area contributed by atoms with E-state index < -0.39 is 4.92 Å². The number of nitrogens with zero attached hydrogens (tertiary/aromatic N) is 1. The van der Waals surface area contributed by atoms with E-state index in [9.17, 15) is 10.1 Å². The Hall–Kier alpha value is -0.810. The highest BCUT2D eigenvalue weighted by Gasteiger charge is 2.17. The molecule has 76 valence electrons. The van der Waals surface area contributed by atoms with E-state index in [-0.39, 0.29) is 11.6 Å². The van der Waals surface area contributed by atoms with Gasteiger partial charge in [-0.25, -0.2) is 0 Å². The Morgan fingerprint density at radius 2 is 2.29 bits per heavy atom. The first-order valence-corrected chi connectivity index (χ1v) is 4.99. The van der Waals surface area contributed by atoms with Gasteiger partial charge in [-0.1, -0.05) is 0 Å². The van der Waals surface area contributed by atoms with Gasteiger partial charge in [0, 0.05) is 5.88 Å². The standard InChI is InChI=1S/C8H7BrClNO3/c1-14-6-2-5(4-10)8(9)7(3-6)11(12)13/h2-3H,4H2,1H3. The van der Waals surface area contributed by atoms with Crippen LogP contribution in [0.5, 0.6) is 5.75 Å². The number of benzene rings is 1. The van der Waals surface area contributed by atoms with E-state index in [0.29, 0.717) is 15.8 Å². The highest BCUT2D eigenvalue weighted by molar-refractivity contribution is 9.10. The summed E-state index contributed by atoms with van der Waals surface area (Å²) in [5.74, 6) is 0.620. The van der Waals surface area contributed by atoms with Gasteiger partial charge in [-0.05, 0) is 27.6 Å². The van der Waals surface area contributed by atoms with Crippen LogP contribution < -0.4 is 4.74 Å². The van der Waals surface area contributed by atoms with E-state index >= 15 is 0 Å². The summed E-state index contributed by atoms with van der Waals surface area (Å²) in [7, 11) is 1.45. The van der Waals surface area contributed by atoms with Crippen molar-refractivity contribution in [3.63, 3.8) is 0 Å². The van der Waals surface area contributed by atoms with Crippen molar-refractivity contribution in [3.05, 3.63) is 32.3 Å². The van der Waals surface area contributed by atoms with Crippen molar-refractivity contribution in [2.75, 3.05) is 7.11 Å². The third-order valence-electron chi connectivity index (χ3n) is 1.68. The Morgan fingerprint density at radius 3 is 2.71 bits per heavy atom. The summed E-state index contributed by atoms with van der Waals surface area (Å²) in [6, 6.07) is 3.00. The summed E-state index contributed by atoms with van der Waals surface area (Å²) < 4.78 is 5.32. The number of ether oxygens (including phenoxy) is 1. The van der Waals surface area contributed by atoms with Gasteiger partial charge in [-0.15, -0.1) is 11.6 Å². The molecule has 6 heteroatoms. The average Bonchev–Trinajstić information content (AvgIpc) is 2.17. The van der Waals surface area contributed by atoms with Crippen molar-refractivity contribution in [2.24, 2.45) is 0 Å². The summed E-state index contributed by atoms with van der Waals surface area (Å²) in [5, 5.41) is 10.6. The monoisotopic (exact) mass is 279 g/mol. The Morgan fingerprint density at radius 1 is 1.64 bits per heavy atom. The van der Waals surface area contributed by atoms with Crippen LogP contribution >= 0.6 is 27.5 Å². The fourth-order valence-corrected chi connectivity index (χ4v) is 1.87. The summed E-state index contributed by atoms with van der Waals surface area (Å²) in [6.07, 6.45) is 0. The lowest BCUT2D eigenvalue weighted by Crippen LogP contribution is -1.94. The van der Waals surface area contributed by atoms with Gasteiger partial charge in [0.15, 0.2) is 0 Å². The van der Waals surface area contributed by atoms with Gasteiger partial charge in [-0.2, -0.15) is 0 Å². The van der Waals surface area contributed by atoms with Crippen LogP contribution in [0.25, 0.3) is 0 Å². The molecular weight excluding hydrogens is 273 g/mol. The first-order valence-electron chi connectivity index (χ1n) is 3.67. The topological polar surface area (TPSA) is 52.4 Å². The van der Waals surface area contributed by atoms with Crippen molar-refractivity contribution >= 4 is 33.2 Å². The molecule has 0 N–H and O–H groups in total. The van der Waals surface area contributed by atoms with Crippen LogP contribution in [0.15, 0.2) is 16.6 Å². The molecule has 0 radical (unpaired) electrons. The fraction of sp³-hybridized carbons (Fsp3) is 0.250. The van der Waals surface area contributed by atoms with Crippen molar-refractivity contribution in [1.29, 1.82) is 0 Å². The second kappa shape index (κ2) is 4.61. The molecule has 0 atom stereocenters. The van der Waals surface area contributed by atoms with Gasteiger partial charge in [0.1, 0.15) is 5.75 Å². The minimum atomic E-state index is -0.483. The summed E-state index contributed by atoms with van der Waals surface area (Å²) in [6.45, 7) is 0. The number of hydrogen-bond acceptors (Lipinski definition) is 3. The Balaban J connectivity index is 3.34. The molecule has 0 aromatic heterocycles. The third-order valence-corrected chi connectivity index (χ3v) is 2.88. The van der Waals surface area contributed by atoms with E-state index in [1.807, 2.05) is 0 Å². The first kappa shape index (κ1) is 11.3. The number of hydrogen-bond donors (Lipinski definition) is 0. The smallest absolute Gasteiger partial charge is 0.287 e. The number of halogens is 2. The van der Waals surface area contributed by atoms with Gasteiger partial charge in [0.25, 0.3) is 5.69 Å². The molecule has 0 saturated heterocycles. The summed E-state index contributed by atoms with van der Waals surface area (Å²) in [5.41, 5.74) is 0.595. The van der Waals surface area contributed by atoms with Crippen LogP contribution in [0.3, 0.4) is 0 Å². The Labute approximate surface area is 94.1 Å². The lowest BCUT2D eigenvalue weighted by Gasteiger charge is -2.05. The van der Waals surface area contributed by atoms with Gasteiger partial charge in [-0.3, -0.25) is 10.1 Å². The molecule has 0 amide bonds. The molecule has 14 heavy (non-hydrogen) atoms. The minimum Gasteiger partial charge on any atom is -0.496 e. The lowest BCUT2D eigenvalue weighted by molar-refractivity contribution is -0.385. The SMILES string of the molecule is COc1cc(CCl)c(Br)c([N+](=O)[O-])c1. The maximum Gasteiger partial charge on any atom is 0.287 e. The second-order valence-corrected chi connectivity index (χ2v) is 3.57. The van der Waals surface area contributed by atoms with E-state index in [0.717, 1.165) is 0 Å². The molecule has 0 unspecified atom stereocenters. The van der Waals surface area contributed by atoms with Crippen LogP contribution in [-0.4, -0.2) is 12.0 Å². The lowest BCUT2D eigenvalue weighted by atomic mass is 10.2. The molecule has 0 aliphatic rings. The van der Waals surface area contributed by atoms with E-state index in [1.54, 1.807) is 6.07 Å². The maximum absolute atomic E-state index is 10.6. The highest BCUT2D eigenvalue weighted by Crippen LogP contribution is 2.33. The summed E-state index contributed by atoms with van der Waals surface area (Å²) >= 11 is 8.75. The molecule has 1 aromatic carbocycles. The molecular formula is C8H7BrClNO3. The minimum absolute atomic E-state index is 0.0417. The number of alkyl halides is 1. The third kappa shape index (κ3) is 2.16. The summed E-state index contributed by atoms with van der Waals surface area (Å²) in [4.78, 5) is 10.2. The average molecular weight is 281 g/mol. The zero-order valence-corrected chi connectivity index (χ0v) is 9.63. The van der Waals surface area contributed by atoms with Crippen LogP contribution in [0.1, 0.15) is 5.56 Å². The fourth-order valence-electron chi connectivity index (χ4n) is 0.987. The predicted molar refractivity (Wildman–Crippen MR) is 56.9 cm³/mol. The normalized spacial score (nSPS) is 9.93. The van der Waals surface area contributed by atoms with Crippen molar-refractivity contribution in [1.82, 2.24) is 0 Å². The zero-order valence-electron chi connectivity index (χ0n) is 7.29. The zero-order chi connectivity index (χ0) is 10.7. The van der Waals surface area contributed by atoms with Crippen molar-refractivity contribution in [2.45, 2.75) is 5.88 Å². The molecule has 0 fully saturated rings. The van der Waals surface area contributed by atoms with Gasteiger partial charge < -0.3 is 4.74 Å². The maximum atomic E-state index is 10.6. The Bertz CT molecular complexity index is 370. The molecule has 1 aromatic rings. The van der Waals surface area contributed by atoms with Crippen LogP contribution in [-0.2, 0) is 5.88 Å². The number of nitro groups is 1. The predicted octanol–water partition coefficient (Wildman–Crippen LogP) is 3.10. The van der Waals surface area contributed by atoms with Gasteiger partial charge in [0.05, 0.1) is 22.6 Å². The number of rotatable bonds is 3. The molecule has 0 heterocycles. The molecule has 4 nitrogen and oxygen atoms in total. The molecule has 0 aliphatic heterocycles. The largest absolute Gasteiger partial charge is 0.496 e. The van der Waals surface area contributed by atoms with E-state index in [1.165, 1.54) is 13.2 Å². The van der Waals surface area contributed by atoms with Gasteiger partial charge in [0.2, 0.25) is 0 Å². The van der Waals surface area contributed by atoms with Crippen LogP contribution in [0.2, 0.25) is 0 Å². The molecule has 1 rings (SSSR count). The molecule has 0 saturated carbocycles. The van der Waals surface area contributed by atoms with Gasteiger partial charge >= 0.3 is 0 Å². The van der Waals surface area contributed by atoms with Crippen LogP contribution in [0.4, 0.5) is 5.69 Å². The highest BCUT2D eigenvalue weighted by atomic mass is 79.9. The van der Waals surface area contributed by atoms with E-state index in [2.05, 4.69) is 15.9 Å². The first-order chi connectivity index (χ1) is 6.60.